The van der Waals surface area contributed by atoms with Gasteiger partial charge in [-0.05, 0) is 48.7 Å². The Balaban J connectivity index is 1.65. The summed E-state index contributed by atoms with van der Waals surface area (Å²) in [5.41, 5.74) is 5.59. The minimum absolute atomic E-state index is 0.0852. The first-order valence-electron chi connectivity index (χ1n) is 9.67. The van der Waals surface area contributed by atoms with Crippen LogP contribution in [-0.4, -0.2) is 23.0 Å². The normalized spacial score (nSPS) is 12.0. The largest absolute Gasteiger partial charge is 0.497 e. The number of nitrogens with one attached hydrogen (secondary N) is 2. The Kier molecular flexibility index (Phi) is 5.77. The van der Waals surface area contributed by atoms with Crippen LogP contribution in [0.4, 0.5) is 5.69 Å². The number of ether oxygens (including phenoxy) is 1. The van der Waals surface area contributed by atoms with E-state index < -0.39 is 5.25 Å². The van der Waals surface area contributed by atoms with Crippen molar-refractivity contribution >= 4 is 34.4 Å². The van der Waals surface area contributed by atoms with E-state index in [9.17, 15) is 4.79 Å². The summed E-state index contributed by atoms with van der Waals surface area (Å²) in [4.78, 5) is 21.3. The van der Waals surface area contributed by atoms with Gasteiger partial charge in [0.15, 0.2) is 5.16 Å². The zero-order valence-corrected chi connectivity index (χ0v) is 17.9. The molecule has 3 aromatic carbocycles. The van der Waals surface area contributed by atoms with Gasteiger partial charge in [0.25, 0.3) is 0 Å². The highest BCUT2D eigenvalue weighted by molar-refractivity contribution is 8.00. The minimum atomic E-state index is -0.450. The SMILES string of the molecule is COc1ccc2nc(SC(C(=O)Nc3cc(C)ccc3C)c3ccccc3)[nH]c2c1. The summed E-state index contributed by atoms with van der Waals surface area (Å²) in [5, 5.41) is 3.33. The van der Waals surface area contributed by atoms with Gasteiger partial charge in [-0.15, -0.1) is 0 Å². The molecule has 1 atom stereocenters. The van der Waals surface area contributed by atoms with Crippen molar-refractivity contribution in [3.05, 3.63) is 83.4 Å². The Morgan fingerprint density at radius 2 is 1.87 bits per heavy atom. The number of benzene rings is 3. The number of rotatable bonds is 6. The molecule has 2 N–H and O–H groups in total. The van der Waals surface area contributed by atoms with Gasteiger partial charge in [0, 0.05) is 11.8 Å². The van der Waals surface area contributed by atoms with Crippen LogP contribution < -0.4 is 10.1 Å². The van der Waals surface area contributed by atoms with E-state index in [2.05, 4.69) is 15.3 Å². The Bertz CT molecular complexity index is 1190. The van der Waals surface area contributed by atoms with Crippen LogP contribution in [0.3, 0.4) is 0 Å². The molecule has 0 aliphatic carbocycles. The maximum Gasteiger partial charge on any atom is 0.242 e. The minimum Gasteiger partial charge on any atom is -0.497 e. The third-order valence-corrected chi connectivity index (χ3v) is 6.03. The topological polar surface area (TPSA) is 67.0 Å². The van der Waals surface area contributed by atoms with Crippen molar-refractivity contribution in [3.63, 3.8) is 0 Å². The van der Waals surface area contributed by atoms with Crippen LogP contribution in [0, 0.1) is 13.8 Å². The van der Waals surface area contributed by atoms with Gasteiger partial charge in [-0.25, -0.2) is 4.98 Å². The number of carbonyl (C=O) groups excluding carboxylic acids is 1. The van der Waals surface area contributed by atoms with Gasteiger partial charge in [-0.1, -0.05) is 54.2 Å². The number of carbonyl (C=O) groups is 1. The molecule has 0 fully saturated rings. The summed E-state index contributed by atoms with van der Waals surface area (Å²) in [5.74, 6) is 0.674. The highest BCUT2D eigenvalue weighted by atomic mass is 32.2. The Morgan fingerprint density at radius 3 is 2.63 bits per heavy atom. The fourth-order valence-corrected chi connectivity index (χ4v) is 4.23. The summed E-state index contributed by atoms with van der Waals surface area (Å²) in [7, 11) is 1.64. The van der Waals surface area contributed by atoms with Crippen LogP contribution in [0.1, 0.15) is 21.9 Å². The third-order valence-electron chi connectivity index (χ3n) is 4.89. The smallest absolute Gasteiger partial charge is 0.242 e. The summed E-state index contributed by atoms with van der Waals surface area (Å²) in [6.07, 6.45) is 0. The average Bonchev–Trinajstić information content (AvgIpc) is 3.16. The molecule has 1 aromatic heterocycles. The van der Waals surface area contributed by atoms with Crippen LogP contribution in [-0.2, 0) is 4.79 Å². The van der Waals surface area contributed by atoms with E-state index in [0.29, 0.717) is 5.16 Å². The molecule has 0 saturated heterocycles. The number of anilines is 1. The van der Waals surface area contributed by atoms with Crippen LogP contribution in [0.25, 0.3) is 11.0 Å². The van der Waals surface area contributed by atoms with Crippen LogP contribution >= 0.6 is 11.8 Å². The number of fused-ring (bicyclic) bond motifs is 1. The molecule has 1 heterocycles. The van der Waals surface area contributed by atoms with Gasteiger partial charge in [0.1, 0.15) is 11.0 Å². The molecule has 6 heteroatoms. The maximum absolute atomic E-state index is 13.3. The monoisotopic (exact) mass is 417 g/mol. The van der Waals surface area contributed by atoms with Crippen molar-refractivity contribution in [2.24, 2.45) is 0 Å². The number of hydrogen-bond donors (Lipinski definition) is 2. The summed E-state index contributed by atoms with van der Waals surface area (Å²) in [6, 6.07) is 21.5. The van der Waals surface area contributed by atoms with Gasteiger partial charge in [0.05, 0.1) is 18.1 Å². The number of aromatic nitrogens is 2. The third kappa shape index (κ3) is 4.33. The van der Waals surface area contributed by atoms with E-state index in [-0.39, 0.29) is 5.91 Å². The molecule has 1 unspecified atom stereocenters. The highest BCUT2D eigenvalue weighted by Crippen LogP contribution is 2.36. The molecule has 4 aromatic rings. The molecule has 0 saturated carbocycles. The number of imidazole rings is 1. The number of H-pyrrole nitrogens is 1. The van der Waals surface area contributed by atoms with Gasteiger partial charge in [0.2, 0.25) is 5.91 Å². The van der Waals surface area contributed by atoms with Crippen molar-refractivity contribution in [1.82, 2.24) is 9.97 Å². The predicted octanol–water partition coefficient (Wildman–Crippen LogP) is 5.66. The highest BCUT2D eigenvalue weighted by Gasteiger charge is 2.24. The fourth-order valence-electron chi connectivity index (χ4n) is 3.23. The zero-order chi connectivity index (χ0) is 21.1. The Morgan fingerprint density at radius 1 is 1.07 bits per heavy atom. The van der Waals surface area contributed by atoms with Crippen LogP contribution in [0.2, 0.25) is 0 Å². The number of thioether (sulfide) groups is 1. The number of hydrogen-bond acceptors (Lipinski definition) is 4. The van der Waals surface area contributed by atoms with Gasteiger partial charge < -0.3 is 15.0 Å². The van der Waals surface area contributed by atoms with Crippen molar-refractivity contribution in [1.29, 1.82) is 0 Å². The quantitative estimate of drug-likeness (QED) is 0.397. The number of amides is 1. The Labute approximate surface area is 179 Å². The molecule has 0 radical (unpaired) electrons. The zero-order valence-electron chi connectivity index (χ0n) is 17.1. The molecule has 1 amide bonds. The van der Waals surface area contributed by atoms with E-state index in [1.165, 1.54) is 11.8 Å². The first-order chi connectivity index (χ1) is 14.5. The van der Waals surface area contributed by atoms with Gasteiger partial charge in [-0.2, -0.15) is 0 Å². The number of aryl methyl sites for hydroxylation is 2. The lowest BCUT2D eigenvalue weighted by Crippen LogP contribution is -2.19. The molecule has 30 heavy (non-hydrogen) atoms. The molecule has 5 nitrogen and oxygen atoms in total. The van der Waals surface area contributed by atoms with Crippen molar-refractivity contribution in [3.8, 4) is 5.75 Å². The second-order valence-corrected chi connectivity index (χ2v) is 8.24. The lowest BCUT2D eigenvalue weighted by molar-refractivity contribution is -0.115. The lowest BCUT2D eigenvalue weighted by Gasteiger charge is -2.17. The maximum atomic E-state index is 13.3. The first kappa shape index (κ1) is 20.0. The number of methoxy groups -OCH3 is 1. The molecule has 4 rings (SSSR count). The average molecular weight is 418 g/mol. The molecule has 0 aliphatic rings. The van der Waals surface area contributed by atoms with Crippen LogP contribution in [0.5, 0.6) is 5.75 Å². The van der Waals surface area contributed by atoms with E-state index in [1.54, 1.807) is 7.11 Å². The lowest BCUT2D eigenvalue weighted by atomic mass is 10.1. The van der Waals surface area contributed by atoms with Crippen LogP contribution in [0.15, 0.2) is 71.9 Å². The van der Waals surface area contributed by atoms with E-state index in [0.717, 1.165) is 39.2 Å². The summed E-state index contributed by atoms with van der Waals surface area (Å²) >= 11 is 1.40. The molecule has 0 spiro atoms. The van der Waals surface area contributed by atoms with Crippen molar-refractivity contribution < 1.29 is 9.53 Å². The van der Waals surface area contributed by atoms with E-state index in [1.807, 2.05) is 80.6 Å². The number of nitrogens with zero attached hydrogens (tertiary/aromatic N) is 1. The predicted molar refractivity (Wildman–Crippen MR) is 122 cm³/mol. The van der Waals surface area contributed by atoms with Crippen molar-refractivity contribution in [2.45, 2.75) is 24.3 Å². The van der Waals surface area contributed by atoms with Crippen molar-refractivity contribution in [2.75, 3.05) is 12.4 Å². The second kappa shape index (κ2) is 8.63. The summed E-state index contributed by atoms with van der Waals surface area (Å²) in [6.45, 7) is 4.01. The second-order valence-electron chi connectivity index (χ2n) is 7.14. The molecular weight excluding hydrogens is 394 g/mol. The summed E-state index contributed by atoms with van der Waals surface area (Å²) < 4.78 is 5.29. The van der Waals surface area contributed by atoms with Gasteiger partial charge in [-0.3, -0.25) is 4.79 Å². The van der Waals surface area contributed by atoms with E-state index >= 15 is 0 Å². The standard InChI is InChI=1S/C24H23N3O2S/c1-15-9-10-16(2)20(13-15)25-23(28)22(17-7-5-4-6-8-17)30-24-26-19-12-11-18(29-3)14-21(19)27-24/h4-14,22H,1-3H3,(H,25,28)(H,26,27). The molecule has 0 aliphatic heterocycles. The molecular formula is C24H23N3O2S. The van der Waals surface area contributed by atoms with E-state index in [4.69, 9.17) is 4.74 Å². The number of aromatic amines is 1. The Hall–Kier alpha value is -3.25. The molecule has 0 bridgehead atoms. The first-order valence-corrected chi connectivity index (χ1v) is 10.5. The van der Waals surface area contributed by atoms with Gasteiger partial charge >= 0.3 is 0 Å². The molecule has 152 valence electrons. The fraction of sp³-hybridized carbons (Fsp3) is 0.167.